The van der Waals surface area contributed by atoms with E-state index in [9.17, 15) is 0 Å². The number of fused-ring (bicyclic) bond motifs is 1. The zero-order valence-electron chi connectivity index (χ0n) is 20.2. The van der Waals surface area contributed by atoms with Gasteiger partial charge in [0.1, 0.15) is 5.82 Å². The zero-order valence-corrected chi connectivity index (χ0v) is 20.2. The van der Waals surface area contributed by atoms with E-state index in [2.05, 4.69) is 29.0 Å². The van der Waals surface area contributed by atoms with Crippen LogP contribution < -0.4 is 10.2 Å². The Labute approximate surface area is 190 Å². The molecule has 31 heavy (non-hydrogen) atoms. The van der Waals surface area contributed by atoms with Crippen LogP contribution >= 0.6 is 0 Å². The lowest BCUT2D eigenvalue weighted by atomic mass is 9.96. The lowest BCUT2D eigenvalue weighted by molar-refractivity contribution is 0.129. The van der Waals surface area contributed by atoms with Gasteiger partial charge in [0.05, 0.1) is 5.69 Å². The number of piperidine rings is 1. The molecule has 1 aromatic rings. The van der Waals surface area contributed by atoms with E-state index in [-0.39, 0.29) is 0 Å². The van der Waals surface area contributed by atoms with E-state index in [4.69, 9.17) is 9.97 Å². The van der Waals surface area contributed by atoms with Crippen molar-refractivity contribution in [3.8, 4) is 0 Å². The number of hydrogen-bond donors (Lipinski definition) is 1. The third-order valence-electron chi connectivity index (χ3n) is 7.96. The van der Waals surface area contributed by atoms with Crippen LogP contribution in [0.1, 0.15) is 95.7 Å². The molecule has 0 aromatic carbocycles. The van der Waals surface area contributed by atoms with Gasteiger partial charge in [-0.2, -0.15) is 4.98 Å². The van der Waals surface area contributed by atoms with Crippen molar-refractivity contribution < 1.29 is 0 Å². The third-order valence-corrected chi connectivity index (χ3v) is 7.96. The number of nitrogens with one attached hydrogen (secondary N) is 1. The Bertz CT molecular complexity index is 679. The fourth-order valence-electron chi connectivity index (χ4n) is 5.82. The van der Waals surface area contributed by atoms with Crippen LogP contribution in [0.25, 0.3) is 0 Å². The quantitative estimate of drug-likeness (QED) is 0.598. The SMILES string of the molecule is CCC(CC)CN1CCCCC1CNc1nc2c(c(N3CCCCCC3)n1)CCCC2. The first-order chi connectivity index (χ1) is 15.3. The van der Waals surface area contributed by atoms with E-state index in [1.807, 2.05) is 0 Å². The normalized spacial score (nSPS) is 22.9. The summed E-state index contributed by atoms with van der Waals surface area (Å²) in [4.78, 5) is 15.5. The van der Waals surface area contributed by atoms with Crippen LogP contribution in [0.15, 0.2) is 0 Å². The first kappa shape index (κ1) is 22.8. The minimum Gasteiger partial charge on any atom is -0.356 e. The molecule has 5 heteroatoms. The van der Waals surface area contributed by atoms with E-state index < -0.39 is 0 Å². The van der Waals surface area contributed by atoms with Crippen LogP contribution in [-0.2, 0) is 12.8 Å². The van der Waals surface area contributed by atoms with Crippen molar-refractivity contribution in [2.24, 2.45) is 5.92 Å². The van der Waals surface area contributed by atoms with Crippen LogP contribution in [0.2, 0.25) is 0 Å². The highest BCUT2D eigenvalue weighted by molar-refractivity contribution is 5.54. The summed E-state index contributed by atoms with van der Waals surface area (Å²) >= 11 is 0. The molecule has 3 aliphatic rings. The molecule has 1 aliphatic carbocycles. The zero-order chi connectivity index (χ0) is 21.5. The Morgan fingerprint density at radius 1 is 0.871 bits per heavy atom. The van der Waals surface area contributed by atoms with Gasteiger partial charge in [0.2, 0.25) is 5.95 Å². The van der Waals surface area contributed by atoms with Gasteiger partial charge in [0.25, 0.3) is 0 Å². The van der Waals surface area contributed by atoms with Crippen molar-refractivity contribution in [3.05, 3.63) is 11.3 Å². The second-order valence-corrected chi connectivity index (χ2v) is 10.1. The molecule has 1 unspecified atom stereocenters. The van der Waals surface area contributed by atoms with Gasteiger partial charge in [-0.25, -0.2) is 4.98 Å². The summed E-state index contributed by atoms with van der Waals surface area (Å²) in [6.45, 7) is 10.5. The lowest BCUT2D eigenvalue weighted by Crippen LogP contribution is -2.45. The Balaban J connectivity index is 1.47. The Hall–Kier alpha value is -1.36. The second kappa shape index (κ2) is 11.5. The maximum absolute atomic E-state index is 5.14. The molecule has 0 bridgehead atoms. The summed E-state index contributed by atoms with van der Waals surface area (Å²) in [5.74, 6) is 2.97. The smallest absolute Gasteiger partial charge is 0.224 e. The molecular weight excluding hydrogens is 382 g/mol. The van der Waals surface area contributed by atoms with E-state index >= 15 is 0 Å². The van der Waals surface area contributed by atoms with Gasteiger partial charge in [0, 0.05) is 37.8 Å². The number of anilines is 2. The highest BCUT2D eigenvalue weighted by Crippen LogP contribution is 2.31. The van der Waals surface area contributed by atoms with E-state index in [0.29, 0.717) is 6.04 Å². The van der Waals surface area contributed by atoms with E-state index in [1.54, 1.807) is 0 Å². The van der Waals surface area contributed by atoms with Crippen molar-refractivity contribution in [3.63, 3.8) is 0 Å². The topological polar surface area (TPSA) is 44.3 Å². The average Bonchev–Trinajstić information content (AvgIpc) is 3.11. The maximum Gasteiger partial charge on any atom is 0.224 e. The van der Waals surface area contributed by atoms with Crippen molar-refractivity contribution in [1.29, 1.82) is 0 Å². The summed E-state index contributed by atoms with van der Waals surface area (Å²) in [6.07, 6.45) is 16.8. The number of rotatable bonds is 8. The molecule has 2 saturated heterocycles. The van der Waals surface area contributed by atoms with Crippen molar-refractivity contribution >= 4 is 11.8 Å². The molecule has 3 heterocycles. The number of hydrogen-bond acceptors (Lipinski definition) is 5. The molecule has 1 N–H and O–H groups in total. The van der Waals surface area contributed by atoms with Crippen LogP contribution in [-0.4, -0.2) is 53.6 Å². The van der Waals surface area contributed by atoms with Crippen molar-refractivity contribution in [2.75, 3.05) is 42.9 Å². The minimum atomic E-state index is 0.621. The van der Waals surface area contributed by atoms with Crippen LogP contribution in [0, 0.1) is 5.92 Å². The summed E-state index contributed by atoms with van der Waals surface area (Å²) in [5.41, 5.74) is 2.77. The number of aromatic nitrogens is 2. The van der Waals surface area contributed by atoms with Crippen LogP contribution in [0.3, 0.4) is 0 Å². The molecule has 5 nitrogen and oxygen atoms in total. The number of aryl methyl sites for hydroxylation is 1. The predicted molar refractivity (Wildman–Crippen MR) is 131 cm³/mol. The molecule has 2 fully saturated rings. The molecule has 0 amide bonds. The van der Waals surface area contributed by atoms with E-state index in [1.165, 1.54) is 101 Å². The first-order valence-electron chi connectivity index (χ1n) is 13.4. The van der Waals surface area contributed by atoms with Gasteiger partial charge >= 0.3 is 0 Å². The summed E-state index contributed by atoms with van der Waals surface area (Å²) in [6, 6.07) is 0.621. The molecule has 0 radical (unpaired) electrons. The van der Waals surface area contributed by atoms with Gasteiger partial charge in [0.15, 0.2) is 0 Å². The van der Waals surface area contributed by atoms with Gasteiger partial charge < -0.3 is 10.2 Å². The molecule has 2 aliphatic heterocycles. The molecule has 174 valence electrons. The fourth-order valence-corrected chi connectivity index (χ4v) is 5.82. The Morgan fingerprint density at radius 3 is 2.39 bits per heavy atom. The van der Waals surface area contributed by atoms with Crippen LogP contribution in [0.4, 0.5) is 11.8 Å². The summed E-state index contributed by atoms with van der Waals surface area (Å²) < 4.78 is 0. The minimum absolute atomic E-state index is 0.621. The van der Waals surface area contributed by atoms with Crippen molar-refractivity contribution in [2.45, 2.75) is 103 Å². The maximum atomic E-state index is 5.14. The highest BCUT2D eigenvalue weighted by atomic mass is 15.2. The molecule has 1 atom stereocenters. The fraction of sp³-hybridized carbons (Fsp3) is 0.846. The first-order valence-corrected chi connectivity index (χ1v) is 13.4. The second-order valence-electron chi connectivity index (χ2n) is 10.1. The van der Waals surface area contributed by atoms with Gasteiger partial charge in [-0.3, -0.25) is 4.90 Å². The summed E-state index contributed by atoms with van der Waals surface area (Å²) in [7, 11) is 0. The van der Waals surface area contributed by atoms with E-state index in [0.717, 1.165) is 44.3 Å². The largest absolute Gasteiger partial charge is 0.356 e. The summed E-state index contributed by atoms with van der Waals surface area (Å²) in [5, 5.41) is 3.71. The Kier molecular flexibility index (Phi) is 8.46. The third kappa shape index (κ3) is 5.91. The molecule has 4 rings (SSSR count). The average molecular weight is 428 g/mol. The number of likely N-dealkylation sites (tertiary alicyclic amines) is 1. The van der Waals surface area contributed by atoms with Crippen molar-refractivity contribution in [1.82, 2.24) is 14.9 Å². The van der Waals surface area contributed by atoms with Gasteiger partial charge in [-0.15, -0.1) is 0 Å². The van der Waals surface area contributed by atoms with Gasteiger partial charge in [-0.1, -0.05) is 46.0 Å². The molecule has 1 aromatic heterocycles. The molecule has 0 saturated carbocycles. The van der Waals surface area contributed by atoms with Crippen LogP contribution in [0.5, 0.6) is 0 Å². The Morgan fingerprint density at radius 2 is 1.61 bits per heavy atom. The lowest BCUT2D eigenvalue weighted by Gasteiger charge is -2.38. The highest BCUT2D eigenvalue weighted by Gasteiger charge is 2.26. The van der Waals surface area contributed by atoms with Gasteiger partial charge in [-0.05, 0) is 63.8 Å². The molecular formula is C26H45N5. The standard InChI is InChI=1S/C26H45N5/c1-3-21(4-2)20-31-18-12-9-13-22(31)19-27-26-28-24-15-8-7-14-23(24)25(29-26)30-16-10-5-6-11-17-30/h21-22H,3-20H2,1-2H3,(H,27,28,29). The predicted octanol–water partition coefficient (Wildman–Crippen LogP) is 5.44. The molecule has 0 spiro atoms. The monoisotopic (exact) mass is 427 g/mol. The number of nitrogens with zero attached hydrogens (tertiary/aromatic N) is 4.